The minimum absolute atomic E-state index is 1.19. The molecule has 3 aromatic heterocycles. The molecule has 0 aliphatic carbocycles. The third-order valence-electron chi connectivity index (χ3n) is 5.05. The number of imidazole rings is 1. The summed E-state index contributed by atoms with van der Waals surface area (Å²) in [6.45, 7) is 2.14. The Balaban J connectivity index is 1.93. The molecule has 0 amide bonds. The van der Waals surface area contributed by atoms with E-state index >= 15 is 0 Å². The minimum Gasteiger partial charge on any atom is -0.378 e. The van der Waals surface area contributed by atoms with Gasteiger partial charge in [-0.15, -0.1) is 0 Å². The molecule has 3 heteroatoms. The minimum atomic E-state index is 1.19. The van der Waals surface area contributed by atoms with Crippen LogP contribution in [0, 0.1) is 6.92 Å². The van der Waals surface area contributed by atoms with Gasteiger partial charge in [-0.1, -0.05) is 11.6 Å². The fourth-order valence-corrected chi connectivity index (χ4v) is 3.75. The Hall–Kier alpha value is -3.07. The lowest BCUT2D eigenvalue weighted by molar-refractivity contribution is -0.479. The van der Waals surface area contributed by atoms with Gasteiger partial charge in [0.2, 0.25) is 0 Å². The van der Waals surface area contributed by atoms with Crippen molar-refractivity contribution in [2.24, 2.45) is 0 Å². The summed E-state index contributed by atoms with van der Waals surface area (Å²) in [5.41, 5.74) is 7.38. The second-order valence-corrected chi connectivity index (χ2v) is 6.98. The number of hydrogen-bond acceptors (Lipinski definition) is 1. The second-order valence-electron chi connectivity index (χ2n) is 6.98. The van der Waals surface area contributed by atoms with Crippen LogP contribution < -0.4 is 9.30 Å². The molecule has 3 nitrogen and oxygen atoms in total. The average molecular weight is 326 g/mol. The van der Waals surface area contributed by atoms with Crippen LogP contribution in [0.25, 0.3) is 33.0 Å². The van der Waals surface area contributed by atoms with Crippen LogP contribution in [0.4, 0.5) is 5.69 Å². The quantitative estimate of drug-likeness (QED) is 0.417. The third kappa shape index (κ3) is 2.02. The van der Waals surface area contributed by atoms with E-state index in [1.807, 2.05) is 0 Å². The first-order valence-corrected chi connectivity index (χ1v) is 8.58. The Morgan fingerprint density at radius 2 is 1.68 bits per heavy atom. The molecule has 2 aromatic carbocycles. The summed E-state index contributed by atoms with van der Waals surface area (Å²) in [6, 6.07) is 22.1. The second kappa shape index (κ2) is 4.96. The number of benzene rings is 2. The fraction of sp³-hybridized carbons (Fsp3) is 0.136. The summed E-state index contributed by atoms with van der Waals surface area (Å²) in [5.74, 6) is 0. The Labute approximate surface area is 146 Å². The van der Waals surface area contributed by atoms with E-state index in [0.717, 1.165) is 0 Å². The summed E-state index contributed by atoms with van der Waals surface area (Å²) in [7, 11) is 4.15. The average Bonchev–Trinajstić information content (AvgIpc) is 3.00. The van der Waals surface area contributed by atoms with Gasteiger partial charge >= 0.3 is 0 Å². The summed E-state index contributed by atoms with van der Waals surface area (Å²) >= 11 is 0. The summed E-state index contributed by atoms with van der Waals surface area (Å²) in [4.78, 5) is 2.14. The van der Waals surface area contributed by atoms with Crippen molar-refractivity contribution in [1.29, 1.82) is 0 Å². The number of rotatable bonds is 1. The number of anilines is 1. The maximum atomic E-state index is 2.34. The molecule has 0 radical (unpaired) electrons. The third-order valence-corrected chi connectivity index (χ3v) is 5.05. The predicted molar refractivity (Wildman–Crippen MR) is 105 cm³/mol. The van der Waals surface area contributed by atoms with E-state index in [4.69, 9.17) is 0 Å². The zero-order chi connectivity index (χ0) is 17.1. The first-order chi connectivity index (χ1) is 12.1. The monoisotopic (exact) mass is 326 g/mol. The molecule has 0 spiro atoms. The largest absolute Gasteiger partial charge is 0.378 e. The van der Waals surface area contributed by atoms with Crippen molar-refractivity contribution >= 4 is 38.7 Å². The SMILES string of the molecule is Cc1ccc2c(ccc3c[n+]4c5ccc(N(C)C)cc5ccc4n32)c1. The van der Waals surface area contributed by atoms with Gasteiger partial charge in [0.15, 0.2) is 5.52 Å². The molecular formula is C22H20N3+. The lowest BCUT2D eigenvalue weighted by Gasteiger charge is -2.12. The molecule has 0 N–H and O–H groups in total. The van der Waals surface area contributed by atoms with E-state index in [0.29, 0.717) is 0 Å². The molecule has 0 bridgehead atoms. The predicted octanol–water partition coefficient (Wildman–Crippen LogP) is 4.36. The molecule has 5 rings (SSSR count). The van der Waals surface area contributed by atoms with E-state index in [1.165, 1.54) is 44.2 Å². The Bertz CT molecular complexity index is 1280. The zero-order valence-corrected chi connectivity index (χ0v) is 14.7. The van der Waals surface area contributed by atoms with Gasteiger partial charge in [-0.2, -0.15) is 8.80 Å². The highest BCUT2D eigenvalue weighted by Crippen LogP contribution is 2.23. The Morgan fingerprint density at radius 3 is 2.52 bits per heavy atom. The van der Waals surface area contributed by atoms with E-state index in [1.54, 1.807) is 0 Å². The van der Waals surface area contributed by atoms with Gasteiger partial charge in [0, 0.05) is 36.6 Å². The molecule has 5 aromatic rings. The molecule has 0 aliphatic rings. The highest BCUT2D eigenvalue weighted by Gasteiger charge is 2.16. The number of fused-ring (bicyclic) bond motifs is 7. The standard InChI is InChI=1S/C22H20N3/c1-15-4-9-21-16(12-15)5-7-19-14-24-20-10-8-18(23(2)3)13-17(20)6-11-22(24)25(19)21/h4-14H,1-3H3/q+1. The van der Waals surface area contributed by atoms with Crippen molar-refractivity contribution in [3.63, 3.8) is 0 Å². The van der Waals surface area contributed by atoms with Crippen molar-refractivity contribution in [2.45, 2.75) is 6.92 Å². The molecule has 25 heavy (non-hydrogen) atoms. The zero-order valence-electron chi connectivity index (χ0n) is 14.7. The van der Waals surface area contributed by atoms with Crippen LogP contribution in [-0.2, 0) is 0 Å². The Kier molecular flexibility index (Phi) is 2.84. The molecule has 0 unspecified atom stereocenters. The first-order valence-electron chi connectivity index (χ1n) is 8.58. The van der Waals surface area contributed by atoms with Gasteiger partial charge < -0.3 is 4.90 Å². The molecule has 0 saturated heterocycles. The Morgan fingerprint density at radius 1 is 0.840 bits per heavy atom. The number of nitrogens with zero attached hydrogens (tertiary/aromatic N) is 3. The maximum absolute atomic E-state index is 2.34. The van der Waals surface area contributed by atoms with Crippen LogP contribution in [0.3, 0.4) is 0 Å². The molecule has 0 aliphatic heterocycles. The van der Waals surface area contributed by atoms with Crippen LogP contribution in [0.15, 0.2) is 66.9 Å². The van der Waals surface area contributed by atoms with E-state index in [2.05, 4.69) is 102 Å². The molecule has 0 saturated carbocycles. The van der Waals surface area contributed by atoms with Gasteiger partial charge in [-0.25, -0.2) is 0 Å². The maximum Gasteiger partial charge on any atom is 0.292 e. The fourth-order valence-electron chi connectivity index (χ4n) is 3.75. The lowest BCUT2D eigenvalue weighted by atomic mass is 10.1. The van der Waals surface area contributed by atoms with Crippen molar-refractivity contribution in [3.8, 4) is 0 Å². The van der Waals surface area contributed by atoms with Crippen LogP contribution in [0.1, 0.15) is 5.56 Å². The van der Waals surface area contributed by atoms with Crippen LogP contribution >= 0.6 is 0 Å². The summed E-state index contributed by atoms with van der Waals surface area (Å²) in [6.07, 6.45) is 2.23. The van der Waals surface area contributed by atoms with E-state index < -0.39 is 0 Å². The van der Waals surface area contributed by atoms with Crippen LogP contribution in [0.2, 0.25) is 0 Å². The van der Waals surface area contributed by atoms with Crippen LogP contribution in [0.5, 0.6) is 0 Å². The molecule has 0 fully saturated rings. The van der Waals surface area contributed by atoms with Gasteiger partial charge in [0.1, 0.15) is 17.2 Å². The number of aromatic nitrogens is 2. The molecule has 122 valence electrons. The lowest BCUT2D eigenvalue weighted by Crippen LogP contribution is -2.20. The highest BCUT2D eigenvalue weighted by molar-refractivity contribution is 5.86. The van der Waals surface area contributed by atoms with Crippen LogP contribution in [-0.4, -0.2) is 18.5 Å². The molecule has 3 heterocycles. The highest BCUT2D eigenvalue weighted by atomic mass is 15.1. The summed E-state index contributed by atoms with van der Waals surface area (Å²) in [5, 5.41) is 2.52. The van der Waals surface area contributed by atoms with Crippen molar-refractivity contribution in [1.82, 2.24) is 4.40 Å². The topological polar surface area (TPSA) is 11.8 Å². The molecule has 0 atom stereocenters. The summed E-state index contributed by atoms with van der Waals surface area (Å²) < 4.78 is 4.64. The van der Waals surface area contributed by atoms with Crippen molar-refractivity contribution in [3.05, 3.63) is 72.4 Å². The van der Waals surface area contributed by atoms with Gasteiger partial charge in [-0.3, -0.25) is 0 Å². The first kappa shape index (κ1) is 14.3. The van der Waals surface area contributed by atoms with Gasteiger partial charge in [0.25, 0.3) is 5.65 Å². The smallest absolute Gasteiger partial charge is 0.292 e. The van der Waals surface area contributed by atoms with Gasteiger partial charge in [-0.05, 0) is 55.5 Å². The number of hydrogen-bond donors (Lipinski definition) is 0. The normalized spacial score (nSPS) is 11.8. The molecular weight excluding hydrogens is 306 g/mol. The number of pyridine rings is 2. The van der Waals surface area contributed by atoms with Gasteiger partial charge in [0.05, 0.1) is 0 Å². The van der Waals surface area contributed by atoms with Crippen molar-refractivity contribution < 1.29 is 4.40 Å². The van der Waals surface area contributed by atoms with E-state index in [9.17, 15) is 0 Å². The van der Waals surface area contributed by atoms with E-state index in [-0.39, 0.29) is 0 Å². The van der Waals surface area contributed by atoms with Crippen molar-refractivity contribution in [2.75, 3.05) is 19.0 Å². The number of aryl methyl sites for hydroxylation is 1.